The first-order valence-corrected chi connectivity index (χ1v) is 5.67. The molecular weight excluding hydrogens is 248 g/mol. The summed E-state index contributed by atoms with van der Waals surface area (Å²) in [6, 6.07) is 1.74. The van der Waals surface area contributed by atoms with Gasteiger partial charge in [0.1, 0.15) is 5.69 Å². The molecule has 0 aliphatic carbocycles. The van der Waals surface area contributed by atoms with E-state index < -0.39 is 0 Å². The van der Waals surface area contributed by atoms with Crippen LogP contribution >= 0.6 is 15.9 Å². The molecule has 14 heavy (non-hydrogen) atoms. The number of halogens is 1. The van der Waals surface area contributed by atoms with E-state index in [1.54, 1.807) is 13.0 Å². The van der Waals surface area contributed by atoms with Gasteiger partial charge in [0.2, 0.25) is 0 Å². The third-order valence-corrected chi connectivity index (χ3v) is 2.25. The Morgan fingerprint density at radius 3 is 3.14 bits per heavy atom. The number of aromatic nitrogens is 2. The molecule has 5 heteroatoms. The quantitative estimate of drug-likeness (QED) is 0.650. The highest BCUT2D eigenvalue weighted by atomic mass is 79.9. The van der Waals surface area contributed by atoms with Gasteiger partial charge in [-0.1, -0.05) is 15.9 Å². The van der Waals surface area contributed by atoms with E-state index in [0.717, 1.165) is 23.9 Å². The highest BCUT2D eigenvalue weighted by molar-refractivity contribution is 9.09. The number of aryl methyl sites for hydroxylation is 1. The first kappa shape index (κ1) is 11.2. The maximum atomic E-state index is 11.2. The Balaban J connectivity index is 2.54. The number of aromatic amines is 1. The molecule has 0 spiro atoms. The van der Waals surface area contributed by atoms with Crippen molar-refractivity contribution in [3.63, 3.8) is 0 Å². The topological polar surface area (TPSA) is 55.0 Å². The predicted octanol–water partition coefficient (Wildman–Crippen LogP) is 1.91. The lowest BCUT2D eigenvalue weighted by Gasteiger charge is -1.95. The van der Waals surface area contributed by atoms with Crippen molar-refractivity contribution >= 4 is 21.9 Å². The standard InChI is InChI=1S/C9H13BrN2O2/c1-2-14-9(13)8-6-7(11-12-8)4-3-5-10/h6H,2-5H2,1H3,(H,11,12). The van der Waals surface area contributed by atoms with Gasteiger partial charge < -0.3 is 4.74 Å². The minimum absolute atomic E-state index is 0.343. The van der Waals surface area contributed by atoms with Crippen LogP contribution in [-0.4, -0.2) is 28.1 Å². The second-order valence-electron chi connectivity index (χ2n) is 2.79. The van der Waals surface area contributed by atoms with Gasteiger partial charge >= 0.3 is 5.97 Å². The molecule has 0 amide bonds. The molecular formula is C9H13BrN2O2. The fourth-order valence-corrected chi connectivity index (χ4v) is 1.33. The number of nitrogens with one attached hydrogen (secondary N) is 1. The van der Waals surface area contributed by atoms with Crippen LogP contribution in [0.3, 0.4) is 0 Å². The van der Waals surface area contributed by atoms with Gasteiger partial charge in [-0.05, 0) is 25.8 Å². The molecule has 0 fully saturated rings. The number of ether oxygens (including phenoxy) is 1. The second kappa shape index (κ2) is 5.80. The van der Waals surface area contributed by atoms with Crippen LogP contribution in [-0.2, 0) is 11.2 Å². The number of carbonyl (C=O) groups is 1. The average Bonchev–Trinajstić information content (AvgIpc) is 2.63. The van der Waals surface area contributed by atoms with Crippen LogP contribution in [0.25, 0.3) is 0 Å². The maximum absolute atomic E-state index is 11.2. The van der Waals surface area contributed by atoms with Crippen molar-refractivity contribution in [2.24, 2.45) is 0 Å². The Morgan fingerprint density at radius 2 is 2.50 bits per heavy atom. The summed E-state index contributed by atoms with van der Waals surface area (Å²) >= 11 is 3.34. The molecule has 0 aliphatic rings. The van der Waals surface area contributed by atoms with Crippen LogP contribution in [0.5, 0.6) is 0 Å². The van der Waals surface area contributed by atoms with E-state index in [1.807, 2.05) is 0 Å². The first-order valence-electron chi connectivity index (χ1n) is 4.55. The summed E-state index contributed by atoms with van der Waals surface area (Å²) in [4.78, 5) is 11.2. The number of esters is 1. The van der Waals surface area contributed by atoms with E-state index in [1.165, 1.54) is 0 Å². The average molecular weight is 261 g/mol. The highest BCUT2D eigenvalue weighted by Gasteiger charge is 2.09. The van der Waals surface area contributed by atoms with Gasteiger partial charge in [-0.3, -0.25) is 5.10 Å². The summed E-state index contributed by atoms with van der Waals surface area (Å²) < 4.78 is 4.83. The van der Waals surface area contributed by atoms with E-state index in [-0.39, 0.29) is 5.97 Å². The lowest BCUT2D eigenvalue weighted by molar-refractivity contribution is 0.0519. The van der Waals surface area contributed by atoms with Crippen LogP contribution < -0.4 is 0 Å². The van der Waals surface area contributed by atoms with E-state index in [4.69, 9.17) is 4.74 Å². The van der Waals surface area contributed by atoms with Crippen LogP contribution in [0, 0.1) is 0 Å². The molecule has 0 saturated carbocycles. The van der Waals surface area contributed by atoms with Gasteiger partial charge in [0.15, 0.2) is 0 Å². The third kappa shape index (κ3) is 3.14. The maximum Gasteiger partial charge on any atom is 0.356 e. The smallest absolute Gasteiger partial charge is 0.356 e. The van der Waals surface area contributed by atoms with Gasteiger partial charge in [0.05, 0.1) is 12.3 Å². The molecule has 1 aromatic rings. The van der Waals surface area contributed by atoms with Crippen LogP contribution in [0.1, 0.15) is 29.5 Å². The number of hydrogen-bond donors (Lipinski definition) is 1. The minimum atomic E-state index is -0.343. The van der Waals surface area contributed by atoms with Crippen molar-refractivity contribution in [3.8, 4) is 0 Å². The fraction of sp³-hybridized carbons (Fsp3) is 0.556. The number of rotatable bonds is 5. The molecule has 1 heterocycles. The fourth-order valence-electron chi connectivity index (χ4n) is 1.05. The zero-order chi connectivity index (χ0) is 10.4. The van der Waals surface area contributed by atoms with E-state index >= 15 is 0 Å². The van der Waals surface area contributed by atoms with Crippen LogP contribution in [0.2, 0.25) is 0 Å². The largest absolute Gasteiger partial charge is 0.461 e. The summed E-state index contributed by atoms with van der Waals surface area (Å²) in [5.41, 5.74) is 1.32. The van der Waals surface area contributed by atoms with Gasteiger partial charge in [0.25, 0.3) is 0 Å². The number of nitrogens with zero attached hydrogens (tertiary/aromatic N) is 1. The molecule has 0 radical (unpaired) electrons. The van der Waals surface area contributed by atoms with Gasteiger partial charge in [-0.2, -0.15) is 5.10 Å². The van der Waals surface area contributed by atoms with E-state index in [9.17, 15) is 4.79 Å². The van der Waals surface area contributed by atoms with Crippen molar-refractivity contribution in [1.29, 1.82) is 0 Å². The lowest BCUT2D eigenvalue weighted by atomic mass is 10.2. The van der Waals surface area contributed by atoms with Crippen molar-refractivity contribution in [1.82, 2.24) is 10.2 Å². The van der Waals surface area contributed by atoms with Crippen LogP contribution in [0.15, 0.2) is 6.07 Å². The normalized spacial score (nSPS) is 10.1. The summed E-state index contributed by atoms with van der Waals surface area (Å²) in [5, 5.41) is 7.61. The number of alkyl halides is 1. The molecule has 0 unspecified atom stereocenters. The molecule has 1 rings (SSSR count). The second-order valence-corrected chi connectivity index (χ2v) is 3.58. The molecule has 1 N–H and O–H groups in total. The van der Waals surface area contributed by atoms with Crippen molar-refractivity contribution < 1.29 is 9.53 Å². The van der Waals surface area contributed by atoms with Gasteiger partial charge in [-0.15, -0.1) is 0 Å². The molecule has 0 atom stereocenters. The number of H-pyrrole nitrogens is 1. The summed E-state index contributed by atoms with van der Waals surface area (Å²) in [6.45, 7) is 2.16. The first-order chi connectivity index (χ1) is 6.77. The van der Waals surface area contributed by atoms with Crippen molar-refractivity contribution in [2.45, 2.75) is 19.8 Å². The molecule has 4 nitrogen and oxygen atoms in total. The molecule has 0 aromatic carbocycles. The number of hydrogen-bond acceptors (Lipinski definition) is 3. The summed E-state index contributed by atoms with van der Waals surface area (Å²) in [6.07, 6.45) is 1.87. The van der Waals surface area contributed by atoms with Crippen LogP contribution in [0.4, 0.5) is 0 Å². The van der Waals surface area contributed by atoms with Gasteiger partial charge in [-0.25, -0.2) is 4.79 Å². The molecule has 0 bridgehead atoms. The SMILES string of the molecule is CCOC(=O)c1cc(CCCBr)n[nH]1. The molecule has 78 valence electrons. The Kier molecular flexibility index (Phi) is 4.65. The third-order valence-electron chi connectivity index (χ3n) is 1.69. The zero-order valence-electron chi connectivity index (χ0n) is 8.05. The molecule has 0 saturated heterocycles. The Bertz CT molecular complexity index is 299. The van der Waals surface area contributed by atoms with Crippen molar-refractivity contribution in [3.05, 3.63) is 17.5 Å². The molecule has 1 aromatic heterocycles. The Morgan fingerprint density at radius 1 is 1.71 bits per heavy atom. The summed E-state index contributed by atoms with van der Waals surface area (Å²) in [5.74, 6) is -0.343. The summed E-state index contributed by atoms with van der Waals surface area (Å²) in [7, 11) is 0. The zero-order valence-corrected chi connectivity index (χ0v) is 9.63. The number of carbonyl (C=O) groups excluding carboxylic acids is 1. The predicted molar refractivity (Wildman–Crippen MR) is 56.7 cm³/mol. The highest BCUT2D eigenvalue weighted by Crippen LogP contribution is 2.05. The Hall–Kier alpha value is -0.840. The van der Waals surface area contributed by atoms with Gasteiger partial charge in [0, 0.05) is 5.33 Å². The van der Waals surface area contributed by atoms with E-state index in [2.05, 4.69) is 26.1 Å². The monoisotopic (exact) mass is 260 g/mol. The lowest BCUT2D eigenvalue weighted by Crippen LogP contribution is -2.04. The minimum Gasteiger partial charge on any atom is -0.461 e. The van der Waals surface area contributed by atoms with E-state index in [0.29, 0.717) is 12.3 Å². The van der Waals surface area contributed by atoms with Crippen molar-refractivity contribution in [2.75, 3.05) is 11.9 Å². The Labute approximate surface area is 91.2 Å². The molecule has 0 aliphatic heterocycles.